The highest BCUT2D eigenvalue weighted by Gasteiger charge is 2.38. The SMILES string of the molecule is O=C(NCCNC[C@H](O)COc1ccccc1)C(F)(F)F. The highest BCUT2D eigenvalue weighted by molar-refractivity contribution is 5.81. The van der Waals surface area contributed by atoms with Gasteiger partial charge in [-0.25, -0.2) is 0 Å². The molecule has 0 radical (unpaired) electrons. The fourth-order valence-electron chi connectivity index (χ4n) is 1.40. The zero-order chi connectivity index (χ0) is 15.7. The number of carbonyl (C=O) groups excluding carboxylic acids is 1. The molecule has 0 aliphatic rings. The molecule has 1 aromatic carbocycles. The van der Waals surface area contributed by atoms with E-state index in [-0.39, 0.29) is 26.2 Å². The monoisotopic (exact) mass is 306 g/mol. The van der Waals surface area contributed by atoms with Crippen LogP contribution in [0, 0.1) is 0 Å². The molecule has 1 atom stereocenters. The summed E-state index contributed by atoms with van der Waals surface area (Å²) in [4.78, 5) is 10.5. The summed E-state index contributed by atoms with van der Waals surface area (Å²) in [5.74, 6) is -1.36. The van der Waals surface area contributed by atoms with Gasteiger partial charge in [-0.3, -0.25) is 4.79 Å². The molecular formula is C13H17F3N2O3. The summed E-state index contributed by atoms with van der Waals surface area (Å²) < 4.78 is 40.9. The van der Waals surface area contributed by atoms with E-state index in [1.165, 1.54) is 0 Å². The van der Waals surface area contributed by atoms with Crippen molar-refractivity contribution in [3.63, 3.8) is 0 Å². The van der Waals surface area contributed by atoms with Crippen LogP contribution in [-0.2, 0) is 4.79 Å². The van der Waals surface area contributed by atoms with E-state index in [1.54, 1.807) is 29.6 Å². The largest absolute Gasteiger partial charge is 0.491 e. The number of alkyl halides is 3. The summed E-state index contributed by atoms with van der Waals surface area (Å²) in [6.45, 7) is 0.148. The molecule has 8 heteroatoms. The fraction of sp³-hybridized carbons (Fsp3) is 0.462. The van der Waals surface area contributed by atoms with Gasteiger partial charge in [0.1, 0.15) is 18.5 Å². The number of para-hydroxylation sites is 1. The van der Waals surface area contributed by atoms with E-state index < -0.39 is 18.2 Å². The van der Waals surface area contributed by atoms with E-state index in [0.717, 1.165) is 0 Å². The first-order valence-corrected chi connectivity index (χ1v) is 6.31. The van der Waals surface area contributed by atoms with Gasteiger partial charge in [0.2, 0.25) is 0 Å². The normalized spacial score (nSPS) is 12.8. The number of aliphatic hydroxyl groups excluding tert-OH is 1. The number of benzene rings is 1. The average molecular weight is 306 g/mol. The number of rotatable bonds is 8. The van der Waals surface area contributed by atoms with Gasteiger partial charge in [-0.05, 0) is 12.1 Å². The number of amides is 1. The van der Waals surface area contributed by atoms with Gasteiger partial charge in [-0.15, -0.1) is 0 Å². The van der Waals surface area contributed by atoms with Crippen LogP contribution in [0.1, 0.15) is 0 Å². The van der Waals surface area contributed by atoms with Crippen LogP contribution >= 0.6 is 0 Å². The molecule has 0 fully saturated rings. The molecule has 1 rings (SSSR count). The molecule has 0 aromatic heterocycles. The Bertz CT molecular complexity index is 426. The van der Waals surface area contributed by atoms with Crippen molar-refractivity contribution in [2.45, 2.75) is 12.3 Å². The van der Waals surface area contributed by atoms with Crippen molar-refractivity contribution in [3.05, 3.63) is 30.3 Å². The first-order valence-electron chi connectivity index (χ1n) is 6.31. The lowest BCUT2D eigenvalue weighted by Gasteiger charge is -2.13. The first-order chi connectivity index (χ1) is 9.89. The predicted molar refractivity (Wildman–Crippen MR) is 69.9 cm³/mol. The highest BCUT2D eigenvalue weighted by atomic mass is 19.4. The molecule has 1 aromatic rings. The molecule has 21 heavy (non-hydrogen) atoms. The molecule has 5 nitrogen and oxygen atoms in total. The van der Waals surface area contributed by atoms with E-state index in [1.807, 2.05) is 6.07 Å². The quantitative estimate of drug-likeness (QED) is 0.618. The van der Waals surface area contributed by atoms with Gasteiger partial charge in [0, 0.05) is 19.6 Å². The molecule has 118 valence electrons. The predicted octanol–water partition coefficient (Wildman–Crippen LogP) is 0.694. The van der Waals surface area contributed by atoms with Crippen LogP contribution in [0.5, 0.6) is 5.75 Å². The van der Waals surface area contributed by atoms with Crippen LogP contribution in [0.3, 0.4) is 0 Å². The molecule has 0 aliphatic heterocycles. The second-order valence-electron chi connectivity index (χ2n) is 4.24. The van der Waals surface area contributed by atoms with E-state index in [4.69, 9.17) is 4.74 Å². The summed E-state index contributed by atoms with van der Waals surface area (Å²) >= 11 is 0. The second-order valence-corrected chi connectivity index (χ2v) is 4.24. The number of aliphatic hydroxyl groups is 1. The minimum absolute atomic E-state index is 0.0614. The van der Waals surface area contributed by atoms with Gasteiger partial charge >= 0.3 is 12.1 Å². The maximum Gasteiger partial charge on any atom is 0.471 e. The molecule has 0 heterocycles. The second kappa shape index (κ2) is 8.48. The average Bonchev–Trinajstić information content (AvgIpc) is 2.44. The minimum atomic E-state index is -4.87. The van der Waals surface area contributed by atoms with Gasteiger partial charge in [0.05, 0.1) is 0 Å². The molecular weight excluding hydrogens is 289 g/mol. The van der Waals surface area contributed by atoms with Crippen LogP contribution in [-0.4, -0.2) is 49.5 Å². The van der Waals surface area contributed by atoms with Crippen molar-refractivity contribution in [2.24, 2.45) is 0 Å². The number of ether oxygens (including phenoxy) is 1. The van der Waals surface area contributed by atoms with Crippen LogP contribution in [0.15, 0.2) is 30.3 Å². The van der Waals surface area contributed by atoms with Gasteiger partial charge < -0.3 is 20.5 Å². The molecule has 0 bridgehead atoms. The number of hydrogen-bond acceptors (Lipinski definition) is 4. The van der Waals surface area contributed by atoms with Crippen molar-refractivity contribution >= 4 is 5.91 Å². The lowest BCUT2D eigenvalue weighted by Crippen LogP contribution is -2.41. The minimum Gasteiger partial charge on any atom is -0.491 e. The molecule has 0 saturated heterocycles. The number of hydrogen-bond donors (Lipinski definition) is 3. The van der Waals surface area contributed by atoms with E-state index in [9.17, 15) is 23.1 Å². The van der Waals surface area contributed by atoms with Crippen LogP contribution in [0.4, 0.5) is 13.2 Å². The summed E-state index contributed by atoms with van der Waals surface area (Å²) in [5, 5.41) is 14.0. The Morgan fingerprint density at radius 2 is 1.90 bits per heavy atom. The fourth-order valence-corrected chi connectivity index (χ4v) is 1.40. The van der Waals surface area contributed by atoms with E-state index in [2.05, 4.69) is 5.32 Å². The van der Waals surface area contributed by atoms with Gasteiger partial charge in [-0.2, -0.15) is 13.2 Å². The lowest BCUT2D eigenvalue weighted by molar-refractivity contribution is -0.173. The zero-order valence-corrected chi connectivity index (χ0v) is 11.2. The van der Waals surface area contributed by atoms with Crippen LogP contribution in [0.25, 0.3) is 0 Å². The summed E-state index contributed by atoms with van der Waals surface area (Å²) in [5.41, 5.74) is 0. The van der Waals surface area contributed by atoms with Crippen LogP contribution in [0.2, 0.25) is 0 Å². The molecule has 0 aliphatic carbocycles. The molecule has 1 amide bonds. The maximum absolute atomic E-state index is 11.9. The Kier molecular flexibility index (Phi) is 6.97. The van der Waals surface area contributed by atoms with Gasteiger partial charge in [0.15, 0.2) is 0 Å². The van der Waals surface area contributed by atoms with Crippen molar-refractivity contribution in [1.82, 2.24) is 10.6 Å². The van der Waals surface area contributed by atoms with Gasteiger partial charge in [-0.1, -0.05) is 18.2 Å². The molecule has 3 N–H and O–H groups in total. The van der Waals surface area contributed by atoms with Crippen molar-refractivity contribution in [2.75, 3.05) is 26.2 Å². The number of carbonyl (C=O) groups is 1. The molecule has 0 spiro atoms. The van der Waals surface area contributed by atoms with Crippen molar-refractivity contribution < 1.29 is 27.8 Å². The van der Waals surface area contributed by atoms with Crippen molar-refractivity contribution in [3.8, 4) is 5.75 Å². The Balaban J connectivity index is 2.06. The Morgan fingerprint density at radius 3 is 2.52 bits per heavy atom. The van der Waals surface area contributed by atoms with Gasteiger partial charge in [0.25, 0.3) is 0 Å². The smallest absolute Gasteiger partial charge is 0.471 e. The topological polar surface area (TPSA) is 70.6 Å². The number of nitrogens with one attached hydrogen (secondary N) is 2. The molecule has 0 saturated carbocycles. The van der Waals surface area contributed by atoms with Crippen molar-refractivity contribution in [1.29, 1.82) is 0 Å². The first kappa shape index (κ1) is 17.3. The third-order valence-electron chi connectivity index (χ3n) is 2.41. The maximum atomic E-state index is 11.9. The summed E-state index contributed by atoms with van der Waals surface area (Å²) in [6, 6.07) is 8.91. The lowest BCUT2D eigenvalue weighted by atomic mass is 10.3. The highest BCUT2D eigenvalue weighted by Crippen LogP contribution is 2.13. The standard InChI is InChI=1S/C13H17F3N2O3/c14-13(15,16)12(20)18-7-6-17-8-10(19)9-21-11-4-2-1-3-5-11/h1-5,10,17,19H,6-9H2,(H,18,20)/t10-/m0/s1. The molecule has 0 unspecified atom stereocenters. The third-order valence-corrected chi connectivity index (χ3v) is 2.41. The van der Waals surface area contributed by atoms with Crippen LogP contribution < -0.4 is 15.4 Å². The summed E-state index contributed by atoms with van der Waals surface area (Å²) in [7, 11) is 0. The Hall–Kier alpha value is -1.80. The third kappa shape index (κ3) is 7.52. The van der Waals surface area contributed by atoms with E-state index >= 15 is 0 Å². The zero-order valence-electron chi connectivity index (χ0n) is 11.2. The Morgan fingerprint density at radius 1 is 1.24 bits per heavy atom. The number of halogens is 3. The Labute approximate surface area is 120 Å². The summed E-state index contributed by atoms with van der Waals surface area (Å²) in [6.07, 6.45) is -5.67. The van der Waals surface area contributed by atoms with E-state index in [0.29, 0.717) is 5.75 Å².